The molecule has 0 bridgehead atoms. The van der Waals surface area contributed by atoms with E-state index in [1.165, 1.54) is 11.3 Å². The second-order valence-corrected chi connectivity index (χ2v) is 7.51. The third-order valence-corrected chi connectivity index (χ3v) is 4.51. The summed E-state index contributed by atoms with van der Waals surface area (Å²) in [6.07, 6.45) is 0.353. The summed E-state index contributed by atoms with van der Waals surface area (Å²) in [6, 6.07) is 14.2. The second-order valence-electron chi connectivity index (χ2n) is 6.65. The minimum Gasteiger partial charge on any atom is -0.302 e. The second kappa shape index (κ2) is 6.13. The van der Waals surface area contributed by atoms with Crippen LogP contribution in [0.3, 0.4) is 0 Å². The Bertz CT molecular complexity index is 840. The SMILES string of the molecule is CC(C)(C)c1csc(NC(=O)Cc2cccc3ccccc23)n1. The lowest BCUT2D eigenvalue weighted by Crippen LogP contribution is -2.16. The molecule has 1 aromatic heterocycles. The van der Waals surface area contributed by atoms with Gasteiger partial charge in [0.1, 0.15) is 0 Å². The largest absolute Gasteiger partial charge is 0.302 e. The van der Waals surface area contributed by atoms with Gasteiger partial charge in [-0.05, 0) is 16.3 Å². The molecule has 0 fully saturated rings. The first kappa shape index (κ1) is 15.7. The zero-order valence-corrected chi connectivity index (χ0v) is 14.4. The van der Waals surface area contributed by atoms with Crippen molar-refractivity contribution in [2.45, 2.75) is 32.6 Å². The minimum absolute atomic E-state index is 0.00485. The topological polar surface area (TPSA) is 42.0 Å². The van der Waals surface area contributed by atoms with E-state index in [2.05, 4.69) is 49.3 Å². The maximum absolute atomic E-state index is 12.3. The maximum atomic E-state index is 12.3. The normalized spacial score (nSPS) is 11.6. The fourth-order valence-electron chi connectivity index (χ4n) is 2.46. The summed E-state index contributed by atoms with van der Waals surface area (Å²) in [5.74, 6) is -0.0313. The number of hydrogen-bond donors (Lipinski definition) is 1. The molecule has 118 valence electrons. The van der Waals surface area contributed by atoms with E-state index in [0.29, 0.717) is 11.6 Å². The number of anilines is 1. The molecule has 0 spiro atoms. The first-order valence-electron chi connectivity index (χ1n) is 7.66. The molecule has 3 rings (SSSR count). The first-order valence-corrected chi connectivity index (χ1v) is 8.54. The van der Waals surface area contributed by atoms with Crippen molar-refractivity contribution >= 4 is 33.1 Å². The van der Waals surface area contributed by atoms with E-state index < -0.39 is 0 Å². The Morgan fingerprint density at radius 3 is 2.61 bits per heavy atom. The summed E-state index contributed by atoms with van der Waals surface area (Å²) in [5.41, 5.74) is 2.03. The fraction of sp³-hybridized carbons (Fsp3) is 0.263. The van der Waals surface area contributed by atoms with E-state index in [9.17, 15) is 4.79 Å². The number of fused-ring (bicyclic) bond motifs is 1. The van der Waals surface area contributed by atoms with Gasteiger partial charge in [0.25, 0.3) is 0 Å². The number of thiazole rings is 1. The van der Waals surface area contributed by atoms with Gasteiger partial charge in [-0.25, -0.2) is 4.98 Å². The predicted molar refractivity (Wildman–Crippen MR) is 97.1 cm³/mol. The Morgan fingerprint density at radius 2 is 1.87 bits per heavy atom. The van der Waals surface area contributed by atoms with Crippen molar-refractivity contribution < 1.29 is 4.79 Å². The van der Waals surface area contributed by atoms with Crippen molar-refractivity contribution in [3.8, 4) is 0 Å². The number of nitrogens with one attached hydrogen (secondary N) is 1. The van der Waals surface area contributed by atoms with Crippen LogP contribution in [0.2, 0.25) is 0 Å². The van der Waals surface area contributed by atoms with Gasteiger partial charge in [-0.1, -0.05) is 63.2 Å². The smallest absolute Gasteiger partial charge is 0.230 e. The predicted octanol–water partition coefficient (Wildman–Crippen LogP) is 4.78. The van der Waals surface area contributed by atoms with E-state index in [1.807, 2.05) is 29.6 Å². The van der Waals surface area contributed by atoms with E-state index >= 15 is 0 Å². The highest BCUT2D eigenvalue weighted by Crippen LogP contribution is 2.26. The average molecular weight is 324 g/mol. The molecule has 4 heteroatoms. The average Bonchev–Trinajstić information content (AvgIpc) is 2.96. The molecular weight excluding hydrogens is 304 g/mol. The standard InChI is InChI=1S/C19H20N2OS/c1-19(2,3)16-12-23-18(20-16)21-17(22)11-14-9-6-8-13-7-4-5-10-15(13)14/h4-10,12H,11H2,1-3H3,(H,20,21,22). The van der Waals surface area contributed by atoms with Crippen LogP contribution in [-0.2, 0) is 16.6 Å². The summed E-state index contributed by atoms with van der Waals surface area (Å²) in [7, 11) is 0. The lowest BCUT2D eigenvalue weighted by molar-refractivity contribution is -0.115. The minimum atomic E-state index is -0.0313. The van der Waals surface area contributed by atoms with Crippen molar-refractivity contribution in [2.24, 2.45) is 0 Å². The third kappa shape index (κ3) is 3.59. The molecule has 0 unspecified atom stereocenters. The Labute approximate surface area is 140 Å². The summed E-state index contributed by atoms with van der Waals surface area (Å²) in [4.78, 5) is 16.9. The maximum Gasteiger partial charge on any atom is 0.230 e. The lowest BCUT2D eigenvalue weighted by atomic mass is 9.93. The van der Waals surface area contributed by atoms with Gasteiger partial charge >= 0.3 is 0 Å². The highest BCUT2D eigenvalue weighted by Gasteiger charge is 2.18. The van der Waals surface area contributed by atoms with Gasteiger partial charge in [0.15, 0.2) is 5.13 Å². The fourth-order valence-corrected chi connectivity index (χ4v) is 3.41. The Balaban J connectivity index is 1.75. The van der Waals surface area contributed by atoms with E-state index in [1.54, 1.807) is 0 Å². The molecular formula is C19H20N2OS. The van der Waals surface area contributed by atoms with Gasteiger partial charge in [0, 0.05) is 10.8 Å². The van der Waals surface area contributed by atoms with Crippen LogP contribution >= 0.6 is 11.3 Å². The van der Waals surface area contributed by atoms with Crippen LogP contribution in [0.1, 0.15) is 32.0 Å². The number of aromatic nitrogens is 1. The van der Waals surface area contributed by atoms with E-state index in [-0.39, 0.29) is 11.3 Å². The van der Waals surface area contributed by atoms with Crippen LogP contribution < -0.4 is 5.32 Å². The van der Waals surface area contributed by atoms with E-state index in [0.717, 1.165) is 22.0 Å². The molecule has 3 nitrogen and oxygen atoms in total. The molecule has 0 saturated carbocycles. The van der Waals surface area contributed by atoms with Gasteiger partial charge in [-0.3, -0.25) is 4.79 Å². The number of amides is 1. The lowest BCUT2D eigenvalue weighted by Gasteiger charge is -2.14. The molecule has 0 radical (unpaired) electrons. The van der Waals surface area contributed by atoms with Crippen LogP contribution in [0.4, 0.5) is 5.13 Å². The quantitative estimate of drug-likeness (QED) is 0.753. The molecule has 1 N–H and O–H groups in total. The van der Waals surface area contributed by atoms with Crippen molar-refractivity contribution in [1.82, 2.24) is 4.98 Å². The molecule has 3 aromatic rings. The molecule has 1 heterocycles. The van der Waals surface area contributed by atoms with Gasteiger partial charge in [0.2, 0.25) is 5.91 Å². The summed E-state index contributed by atoms with van der Waals surface area (Å²) in [5, 5.41) is 7.87. The number of rotatable bonds is 3. The van der Waals surface area contributed by atoms with Gasteiger partial charge in [-0.15, -0.1) is 11.3 Å². The summed E-state index contributed by atoms with van der Waals surface area (Å²) in [6.45, 7) is 6.34. The summed E-state index contributed by atoms with van der Waals surface area (Å²) < 4.78 is 0. The Kier molecular flexibility index (Phi) is 4.18. The zero-order chi connectivity index (χ0) is 16.4. The van der Waals surface area contributed by atoms with E-state index in [4.69, 9.17) is 0 Å². The number of carbonyl (C=O) groups is 1. The number of nitrogens with zero attached hydrogens (tertiary/aromatic N) is 1. The summed E-state index contributed by atoms with van der Waals surface area (Å²) >= 11 is 1.48. The molecule has 0 aliphatic heterocycles. The van der Waals surface area contributed by atoms with Crippen molar-refractivity contribution in [1.29, 1.82) is 0 Å². The van der Waals surface area contributed by atoms with Crippen LogP contribution in [0.5, 0.6) is 0 Å². The van der Waals surface area contributed by atoms with Crippen LogP contribution in [0.15, 0.2) is 47.8 Å². The highest BCUT2D eigenvalue weighted by atomic mass is 32.1. The molecule has 2 aromatic carbocycles. The van der Waals surface area contributed by atoms with Gasteiger partial charge < -0.3 is 5.32 Å². The third-order valence-electron chi connectivity index (χ3n) is 3.75. The molecule has 0 aliphatic carbocycles. The van der Waals surface area contributed by atoms with Crippen LogP contribution in [0.25, 0.3) is 10.8 Å². The molecule has 23 heavy (non-hydrogen) atoms. The zero-order valence-electron chi connectivity index (χ0n) is 13.6. The van der Waals surface area contributed by atoms with Crippen molar-refractivity contribution in [2.75, 3.05) is 5.32 Å². The number of benzene rings is 2. The first-order chi connectivity index (χ1) is 10.9. The van der Waals surface area contributed by atoms with Crippen molar-refractivity contribution in [3.63, 3.8) is 0 Å². The highest BCUT2D eigenvalue weighted by molar-refractivity contribution is 7.13. The van der Waals surface area contributed by atoms with Crippen LogP contribution in [-0.4, -0.2) is 10.9 Å². The monoisotopic (exact) mass is 324 g/mol. The Morgan fingerprint density at radius 1 is 1.13 bits per heavy atom. The molecule has 0 saturated heterocycles. The molecule has 0 atom stereocenters. The molecule has 0 aliphatic rings. The van der Waals surface area contributed by atoms with Gasteiger partial charge in [0.05, 0.1) is 12.1 Å². The number of carbonyl (C=O) groups excluding carboxylic acids is 1. The van der Waals surface area contributed by atoms with Gasteiger partial charge in [-0.2, -0.15) is 0 Å². The number of hydrogen-bond acceptors (Lipinski definition) is 3. The van der Waals surface area contributed by atoms with Crippen molar-refractivity contribution in [3.05, 3.63) is 59.1 Å². The van der Waals surface area contributed by atoms with Crippen LogP contribution in [0, 0.1) is 0 Å². The molecule has 1 amide bonds. The Hall–Kier alpha value is -2.20.